The Bertz CT molecular complexity index is 919. The Morgan fingerprint density at radius 3 is 2.54 bits per heavy atom. The molecule has 12 nitrogen and oxygen atoms in total. The smallest absolute Gasteiger partial charge is 0.341 e. The van der Waals surface area contributed by atoms with Gasteiger partial charge in [0.15, 0.2) is 5.65 Å². The van der Waals surface area contributed by atoms with Crippen molar-refractivity contribution >= 4 is 29.0 Å². The van der Waals surface area contributed by atoms with Crippen LogP contribution in [0.4, 0.5) is 10.7 Å². The number of nitrogens with two attached hydrogens (primary N) is 2. The normalized spacial score (nSPS) is 14.5. The van der Waals surface area contributed by atoms with Gasteiger partial charge in [-0.3, -0.25) is 10.2 Å². The van der Waals surface area contributed by atoms with Crippen molar-refractivity contribution in [2.75, 3.05) is 31.1 Å². The third-order valence-corrected chi connectivity index (χ3v) is 4.20. The lowest BCUT2D eigenvalue weighted by Crippen LogP contribution is -2.53. The fourth-order valence-electron chi connectivity index (χ4n) is 2.81. The Balaban J connectivity index is 1.95. The molecule has 0 aliphatic carbocycles. The molecule has 1 saturated heterocycles. The summed E-state index contributed by atoms with van der Waals surface area (Å²) in [6, 6.07) is -0.359. The molecule has 0 unspecified atom stereocenters. The van der Waals surface area contributed by atoms with Crippen LogP contribution in [0.5, 0.6) is 0 Å². The molecule has 6 N–H and O–H groups in total. The molecule has 138 valence electrons. The third kappa shape index (κ3) is 3.02. The van der Waals surface area contributed by atoms with Crippen molar-refractivity contribution in [3.63, 3.8) is 0 Å². The summed E-state index contributed by atoms with van der Waals surface area (Å²) in [6.07, 6.45) is 2.48. The van der Waals surface area contributed by atoms with E-state index in [0.717, 1.165) is 0 Å². The average Bonchev–Trinajstić information content (AvgIpc) is 2.67. The molecule has 1 aliphatic rings. The molecule has 1 aliphatic heterocycles. The first-order chi connectivity index (χ1) is 12.5. The lowest BCUT2D eigenvalue weighted by Gasteiger charge is -2.34. The zero-order valence-corrected chi connectivity index (χ0v) is 13.8. The van der Waals surface area contributed by atoms with Gasteiger partial charge in [-0.2, -0.15) is 4.98 Å². The van der Waals surface area contributed by atoms with Crippen LogP contribution in [0.2, 0.25) is 0 Å². The van der Waals surface area contributed by atoms with Crippen molar-refractivity contribution in [2.24, 2.45) is 11.6 Å². The minimum absolute atomic E-state index is 0.0437. The van der Waals surface area contributed by atoms with Crippen LogP contribution < -0.4 is 27.3 Å². The summed E-state index contributed by atoms with van der Waals surface area (Å²) >= 11 is 0. The molecule has 3 heterocycles. The number of hydrogen-bond acceptors (Lipinski definition) is 8. The largest absolute Gasteiger partial charge is 0.477 e. The van der Waals surface area contributed by atoms with E-state index in [1.165, 1.54) is 17.0 Å². The Kier molecular flexibility index (Phi) is 4.69. The van der Waals surface area contributed by atoms with Gasteiger partial charge in [-0.1, -0.05) is 0 Å². The van der Waals surface area contributed by atoms with Gasteiger partial charge in [-0.25, -0.2) is 20.4 Å². The van der Waals surface area contributed by atoms with Crippen molar-refractivity contribution in [3.8, 4) is 0 Å². The van der Waals surface area contributed by atoms with Crippen molar-refractivity contribution < 1.29 is 14.7 Å². The second-order valence-corrected chi connectivity index (χ2v) is 5.66. The molecule has 3 rings (SSSR count). The van der Waals surface area contributed by atoms with Gasteiger partial charge in [0.2, 0.25) is 11.4 Å². The molecule has 12 heteroatoms. The third-order valence-electron chi connectivity index (χ3n) is 4.20. The molecule has 26 heavy (non-hydrogen) atoms. The molecular weight excluding hydrogens is 344 g/mol. The predicted molar refractivity (Wildman–Crippen MR) is 91.4 cm³/mol. The molecule has 2 amide bonds. The summed E-state index contributed by atoms with van der Waals surface area (Å²) in [4.78, 5) is 47.0. The van der Waals surface area contributed by atoms with Crippen LogP contribution in [-0.4, -0.2) is 62.7 Å². The summed E-state index contributed by atoms with van der Waals surface area (Å²) in [5, 5.41) is 9.23. The number of nitrogens with one attached hydrogen (secondary N) is 1. The van der Waals surface area contributed by atoms with E-state index < -0.39 is 11.4 Å². The first-order valence-electron chi connectivity index (χ1n) is 7.80. The number of urea groups is 1. The van der Waals surface area contributed by atoms with E-state index >= 15 is 0 Å². The van der Waals surface area contributed by atoms with Gasteiger partial charge in [0.1, 0.15) is 5.56 Å². The van der Waals surface area contributed by atoms with Gasteiger partial charge in [0.05, 0.1) is 12.1 Å². The Hall–Kier alpha value is -3.25. The molecule has 0 atom stereocenters. The molecule has 0 radical (unpaired) electrons. The number of hydrazine groups is 1. The second-order valence-electron chi connectivity index (χ2n) is 5.66. The van der Waals surface area contributed by atoms with Crippen molar-refractivity contribution in [2.45, 2.75) is 6.67 Å². The van der Waals surface area contributed by atoms with Crippen LogP contribution in [0.1, 0.15) is 10.4 Å². The topological polar surface area (TPSA) is 173 Å². The maximum Gasteiger partial charge on any atom is 0.341 e. The Morgan fingerprint density at radius 2 is 1.96 bits per heavy atom. The summed E-state index contributed by atoms with van der Waals surface area (Å²) in [5.41, 5.74) is 6.96. The lowest BCUT2D eigenvalue weighted by atomic mass is 10.2. The fourth-order valence-corrected chi connectivity index (χ4v) is 2.81. The monoisotopic (exact) mass is 362 g/mol. The van der Waals surface area contributed by atoms with Gasteiger partial charge >= 0.3 is 12.0 Å². The van der Waals surface area contributed by atoms with E-state index in [2.05, 4.69) is 15.4 Å². The number of fused-ring (bicyclic) bond motifs is 1. The van der Waals surface area contributed by atoms with E-state index in [9.17, 15) is 14.4 Å². The van der Waals surface area contributed by atoms with Gasteiger partial charge < -0.3 is 25.2 Å². The van der Waals surface area contributed by atoms with Gasteiger partial charge in [0, 0.05) is 38.6 Å². The molecular formula is C14H18N8O4. The standard InChI is InChI=1S/C14H18N8O4/c15-7-22-6-9(12(24)25)10(23)8-5-17-13(18-11(8)22)20-1-3-21(4-2-20)14(26)19-16/h5-6H,1-4,7,15-16H2,(H,19,26)(H,24,25). The summed E-state index contributed by atoms with van der Waals surface area (Å²) < 4.78 is 1.39. The fraction of sp³-hybridized carbons (Fsp3) is 0.357. The number of nitrogens with zero attached hydrogens (tertiary/aromatic N) is 5. The van der Waals surface area contributed by atoms with Crippen LogP contribution >= 0.6 is 0 Å². The van der Waals surface area contributed by atoms with Crippen LogP contribution in [0.25, 0.3) is 11.0 Å². The number of carboxylic acids is 1. The molecule has 2 aromatic heterocycles. The van der Waals surface area contributed by atoms with Crippen LogP contribution in [0.3, 0.4) is 0 Å². The SMILES string of the molecule is NCn1cc(C(=O)O)c(=O)c2cnc(N3CCN(C(=O)NN)CC3)nc21. The predicted octanol–water partition coefficient (Wildman–Crippen LogP) is -1.89. The van der Waals surface area contributed by atoms with E-state index in [4.69, 9.17) is 16.7 Å². The minimum Gasteiger partial charge on any atom is -0.477 e. The van der Waals surface area contributed by atoms with Crippen LogP contribution in [-0.2, 0) is 6.67 Å². The molecule has 0 spiro atoms. The number of rotatable bonds is 3. The van der Waals surface area contributed by atoms with E-state index in [0.29, 0.717) is 32.1 Å². The zero-order chi connectivity index (χ0) is 18.8. The number of pyridine rings is 1. The molecule has 0 bridgehead atoms. The number of aromatic nitrogens is 3. The maximum atomic E-state index is 12.3. The highest BCUT2D eigenvalue weighted by Gasteiger charge is 2.23. The first kappa shape index (κ1) is 17.6. The zero-order valence-electron chi connectivity index (χ0n) is 13.8. The second kappa shape index (κ2) is 6.93. The van der Waals surface area contributed by atoms with E-state index in [1.807, 2.05) is 4.90 Å². The Labute approximate surface area is 147 Å². The summed E-state index contributed by atoms with van der Waals surface area (Å²) in [6.45, 7) is 1.80. The van der Waals surface area contributed by atoms with E-state index in [-0.39, 0.29) is 29.3 Å². The number of aromatic carboxylic acids is 1. The summed E-state index contributed by atoms with van der Waals surface area (Å²) in [5.74, 6) is 4.16. The van der Waals surface area contributed by atoms with Crippen molar-refractivity contribution in [1.29, 1.82) is 0 Å². The van der Waals surface area contributed by atoms with Crippen molar-refractivity contribution in [1.82, 2.24) is 24.9 Å². The van der Waals surface area contributed by atoms with Crippen LogP contribution in [0.15, 0.2) is 17.2 Å². The Morgan fingerprint density at radius 1 is 1.27 bits per heavy atom. The number of anilines is 1. The number of carbonyl (C=O) groups is 2. The number of piperazine rings is 1. The molecule has 1 fully saturated rings. The number of carbonyl (C=O) groups excluding carboxylic acids is 1. The number of carboxylic acid groups (broad SMARTS) is 1. The number of amides is 2. The van der Waals surface area contributed by atoms with Gasteiger partial charge in [-0.15, -0.1) is 0 Å². The highest BCUT2D eigenvalue weighted by Crippen LogP contribution is 2.15. The minimum atomic E-state index is -1.34. The first-order valence-corrected chi connectivity index (χ1v) is 7.80. The lowest BCUT2D eigenvalue weighted by molar-refractivity contribution is 0.0694. The molecule has 0 saturated carbocycles. The summed E-state index contributed by atoms with van der Waals surface area (Å²) in [7, 11) is 0. The maximum absolute atomic E-state index is 12.3. The van der Waals surface area contributed by atoms with Gasteiger partial charge in [-0.05, 0) is 0 Å². The van der Waals surface area contributed by atoms with E-state index in [1.54, 1.807) is 4.90 Å². The molecule has 2 aromatic rings. The average molecular weight is 362 g/mol. The molecule has 0 aromatic carbocycles. The number of hydrogen-bond donors (Lipinski definition) is 4. The van der Waals surface area contributed by atoms with Crippen molar-refractivity contribution in [3.05, 3.63) is 28.2 Å². The van der Waals surface area contributed by atoms with Gasteiger partial charge in [0.25, 0.3) is 0 Å². The van der Waals surface area contributed by atoms with Crippen LogP contribution in [0, 0.1) is 0 Å². The quantitative estimate of drug-likeness (QED) is 0.276. The highest BCUT2D eigenvalue weighted by atomic mass is 16.4. The highest BCUT2D eigenvalue weighted by molar-refractivity contribution is 5.91.